The number of ether oxygens (including phenoxy) is 1. The van der Waals surface area contributed by atoms with Gasteiger partial charge in [-0.1, -0.05) is 47.5 Å². The molecule has 0 atom stereocenters. The number of hydrogen-bond acceptors (Lipinski definition) is 2. The van der Waals surface area contributed by atoms with Gasteiger partial charge in [0.1, 0.15) is 12.4 Å². The number of halogens is 4. The van der Waals surface area contributed by atoms with Crippen LogP contribution in [0.5, 0.6) is 5.75 Å². The van der Waals surface area contributed by atoms with E-state index in [-0.39, 0.29) is 0 Å². The van der Waals surface area contributed by atoms with E-state index in [1.54, 1.807) is 6.21 Å². The molecule has 0 bridgehead atoms. The van der Waals surface area contributed by atoms with Crippen LogP contribution in [0.3, 0.4) is 0 Å². The SMILES string of the molecule is Cc1ccc(N=Cc2cc(Br)c(OCc3ccccc3Cl)c(Br)c2)cc1Cl. The maximum absolute atomic E-state index is 6.19. The fourth-order valence-electron chi connectivity index (χ4n) is 2.37. The van der Waals surface area contributed by atoms with Gasteiger partial charge in [0.2, 0.25) is 0 Å². The summed E-state index contributed by atoms with van der Waals surface area (Å²) in [5.41, 5.74) is 3.69. The van der Waals surface area contributed by atoms with E-state index in [2.05, 4.69) is 36.9 Å². The average Bonchev–Trinajstić information content (AvgIpc) is 2.63. The Morgan fingerprint density at radius 2 is 1.67 bits per heavy atom. The minimum atomic E-state index is 0.381. The Bertz CT molecular complexity index is 982. The van der Waals surface area contributed by atoms with Crippen molar-refractivity contribution in [1.82, 2.24) is 0 Å². The third-order valence-corrected chi connectivity index (χ3v) is 5.82. The highest BCUT2D eigenvalue weighted by atomic mass is 79.9. The molecular weight excluding hydrogens is 513 g/mol. The van der Waals surface area contributed by atoms with Crippen molar-refractivity contribution in [3.8, 4) is 5.75 Å². The Morgan fingerprint density at radius 3 is 2.33 bits per heavy atom. The summed E-state index contributed by atoms with van der Waals surface area (Å²) in [6, 6.07) is 17.3. The van der Waals surface area contributed by atoms with E-state index < -0.39 is 0 Å². The van der Waals surface area contributed by atoms with Gasteiger partial charge in [-0.3, -0.25) is 4.99 Å². The first-order valence-electron chi connectivity index (χ1n) is 8.09. The highest BCUT2D eigenvalue weighted by Gasteiger charge is 2.10. The van der Waals surface area contributed by atoms with Crippen molar-refractivity contribution in [2.75, 3.05) is 0 Å². The molecule has 0 spiro atoms. The molecule has 0 saturated carbocycles. The molecule has 0 saturated heterocycles. The van der Waals surface area contributed by atoms with Crippen LogP contribution in [0.25, 0.3) is 0 Å². The molecule has 0 aliphatic heterocycles. The average molecular weight is 528 g/mol. The summed E-state index contributed by atoms with van der Waals surface area (Å²) in [5, 5.41) is 1.39. The van der Waals surface area contributed by atoms with E-state index in [1.165, 1.54) is 0 Å². The number of nitrogens with zero attached hydrogens (tertiary/aromatic N) is 1. The van der Waals surface area contributed by atoms with Gasteiger partial charge in [-0.05, 0) is 80.2 Å². The molecule has 6 heteroatoms. The predicted octanol–water partition coefficient (Wildman–Crippen LogP) is 8.16. The third-order valence-electron chi connectivity index (χ3n) is 3.87. The van der Waals surface area contributed by atoms with Gasteiger partial charge in [-0.2, -0.15) is 0 Å². The van der Waals surface area contributed by atoms with Gasteiger partial charge in [0.25, 0.3) is 0 Å². The second-order valence-electron chi connectivity index (χ2n) is 5.89. The van der Waals surface area contributed by atoms with Crippen LogP contribution in [0.1, 0.15) is 16.7 Å². The Hall–Kier alpha value is -1.33. The summed E-state index contributed by atoms with van der Waals surface area (Å²) in [7, 11) is 0. The number of aliphatic imine (C=N–C) groups is 1. The largest absolute Gasteiger partial charge is 0.486 e. The van der Waals surface area contributed by atoms with E-state index in [9.17, 15) is 0 Å². The quantitative estimate of drug-likeness (QED) is 0.307. The molecule has 0 aromatic heterocycles. The first-order chi connectivity index (χ1) is 12.9. The van der Waals surface area contributed by atoms with Crippen LogP contribution in [-0.2, 0) is 6.61 Å². The first kappa shape index (κ1) is 20.4. The number of benzene rings is 3. The van der Waals surface area contributed by atoms with Gasteiger partial charge in [0.15, 0.2) is 0 Å². The molecular formula is C21H15Br2Cl2NO. The lowest BCUT2D eigenvalue weighted by atomic mass is 10.2. The van der Waals surface area contributed by atoms with Gasteiger partial charge >= 0.3 is 0 Å². The van der Waals surface area contributed by atoms with Crippen molar-refractivity contribution < 1.29 is 4.74 Å². The number of hydrogen-bond donors (Lipinski definition) is 0. The molecule has 0 unspecified atom stereocenters. The molecule has 0 aliphatic rings. The van der Waals surface area contributed by atoms with Gasteiger partial charge < -0.3 is 4.74 Å². The minimum Gasteiger partial charge on any atom is -0.486 e. The second kappa shape index (κ2) is 9.24. The maximum Gasteiger partial charge on any atom is 0.148 e. The molecule has 0 amide bonds. The maximum atomic E-state index is 6.19. The number of aryl methyl sites for hydroxylation is 1. The minimum absolute atomic E-state index is 0.381. The molecule has 0 aliphatic carbocycles. The summed E-state index contributed by atoms with van der Waals surface area (Å²) in [5.74, 6) is 0.713. The van der Waals surface area contributed by atoms with Crippen molar-refractivity contribution in [3.05, 3.63) is 90.3 Å². The summed E-state index contributed by atoms with van der Waals surface area (Å²) in [4.78, 5) is 4.49. The Morgan fingerprint density at radius 1 is 0.963 bits per heavy atom. The molecule has 0 fully saturated rings. The van der Waals surface area contributed by atoms with Gasteiger partial charge in [0.05, 0.1) is 14.6 Å². The lowest BCUT2D eigenvalue weighted by Crippen LogP contribution is -1.98. The van der Waals surface area contributed by atoms with Gasteiger partial charge in [-0.15, -0.1) is 0 Å². The highest BCUT2D eigenvalue weighted by Crippen LogP contribution is 2.35. The normalized spacial score (nSPS) is 11.1. The molecule has 3 aromatic carbocycles. The smallest absolute Gasteiger partial charge is 0.148 e. The van der Waals surface area contributed by atoms with Crippen molar-refractivity contribution in [2.24, 2.45) is 4.99 Å². The van der Waals surface area contributed by atoms with E-state index >= 15 is 0 Å². The van der Waals surface area contributed by atoms with Gasteiger partial charge in [-0.25, -0.2) is 0 Å². The first-order valence-corrected chi connectivity index (χ1v) is 10.4. The summed E-state index contributed by atoms with van der Waals surface area (Å²) in [6.45, 7) is 2.34. The standard InChI is InChI=1S/C21H15Br2Cl2NO/c1-13-6-7-16(10-20(13)25)26-11-14-8-17(22)21(18(23)9-14)27-12-15-4-2-3-5-19(15)24/h2-11H,12H2,1H3. The Labute approximate surface area is 185 Å². The molecule has 0 heterocycles. The highest BCUT2D eigenvalue weighted by molar-refractivity contribution is 9.11. The lowest BCUT2D eigenvalue weighted by Gasteiger charge is -2.12. The van der Waals surface area contributed by atoms with E-state index in [4.69, 9.17) is 27.9 Å². The zero-order valence-corrected chi connectivity index (χ0v) is 19.0. The predicted molar refractivity (Wildman–Crippen MR) is 121 cm³/mol. The van der Waals surface area contributed by atoms with Crippen LogP contribution in [0.4, 0.5) is 5.69 Å². The monoisotopic (exact) mass is 525 g/mol. The van der Waals surface area contributed by atoms with Crippen molar-refractivity contribution in [1.29, 1.82) is 0 Å². The zero-order chi connectivity index (χ0) is 19.4. The summed E-state index contributed by atoms with van der Waals surface area (Å²) in [6.07, 6.45) is 1.79. The number of rotatable bonds is 5. The van der Waals surface area contributed by atoms with Crippen LogP contribution in [0, 0.1) is 6.92 Å². The van der Waals surface area contributed by atoms with E-state index in [0.717, 1.165) is 31.3 Å². The molecule has 27 heavy (non-hydrogen) atoms. The molecule has 3 aromatic rings. The topological polar surface area (TPSA) is 21.6 Å². The molecule has 138 valence electrons. The second-order valence-corrected chi connectivity index (χ2v) is 8.41. The fraction of sp³-hybridized carbons (Fsp3) is 0.0952. The summed E-state index contributed by atoms with van der Waals surface area (Å²) < 4.78 is 7.59. The Balaban J connectivity index is 1.77. The van der Waals surface area contributed by atoms with Crippen LogP contribution < -0.4 is 4.74 Å². The summed E-state index contributed by atoms with van der Waals surface area (Å²) >= 11 is 19.5. The van der Waals surface area contributed by atoms with Gasteiger partial charge in [0, 0.05) is 21.8 Å². The fourth-order valence-corrected chi connectivity index (χ4v) is 4.18. The third kappa shape index (κ3) is 5.35. The van der Waals surface area contributed by atoms with Crippen molar-refractivity contribution >= 4 is 67.0 Å². The zero-order valence-electron chi connectivity index (χ0n) is 14.3. The Kier molecular flexibility index (Phi) is 6.99. The van der Waals surface area contributed by atoms with E-state index in [0.29, 0.717) is 22.4 Å². The lowest BCUT2D eigenvalue weighted by molar-refractivity contribution is 0.302. The van der Waals surface area contributed by atoms with E-state index in [1.807, 2.05) is 61.5 Å². The molecule has 0 N–H and O–H groups in total. The molecule has 3 rings (SSSR count). The van der Waals surface area contributed by atoms with Crippen LogP contribution in [-0.4, -0.2) is 6.21 Å². The van der Waals surface area contributed by atoms with Crippen LogP contribution >= 0.6 is 55.1 Å². The van der Waals surface area contributed by atoms with Crippen molar-refractivity contribution in [3.63, 3.8) is 0 Å². The molecule has 0 radical (unpaired) electrons. The molecule has 2 nitrogen and oxygen atoms in total. The van der Waals surface area contributed by atoms with Crippen LogP contribution in [0.15, 0.2) is 68.5 Å². The van der Waals surface area contributed by atoms with Crippen molar-refractivity contribution in [2.45, 2.75) is 13.5 Å². The van der Waals surface area contributed by atoms with Crippen LogP contribution in [0.2, 0.25) is 10.0 Å².